The molecule has 2 heterocycles. The molecule has 7 heteroatoms. The van der Waals surface area contributed by atoms with E-state index in [2.05, 4.69) is 21.5 Å². The maximum atomic E-state index is 12.3. The van der Waals surface area contributed by atoms with Crippen LogP contribution >= 0.6 is 11.3 Å². The van der Waals surface area contributed by atoms with Gasteiger partial charge in [-0.2, -0.15) is 5.10 Å². The van der Waals surface area contributed by atoms with Crippen LogP contribution in [0.25, 0.3) is 21.5 Å². The number of nitrogens with one attached hydrogen (secondary N) is 1. The Balaban J connectivity index is 1.37. The lowest BCUT2D eigenvalue weighted by molar-refractivity contribution is -0.116. The molecule has 0 aliphatic carbocycles. The van der Waals surface area contributed by atoms with Crippen molar-refractivity contribution in [2.24, 2.45) is 0 Å². The standard InChI is InChI=1S/C23H22N4O2S/c1-15-5-8-17(9-6-15)18-11-12-22(29)27(26-18)13-3-4-21(28)25-23-24-19-10-7-16(2)14-20(19)30-23/h5-12,14H,3-4,13H2,1-2H3,(H,24,25,28). The molecule has 0 bridgehead atoms. The zero-order valence-corrected chi connectivity index (χ0v) is 17.7. The maximum Gasteiger partial charge on any atom is 0.266 e. The third-order valence-corrected chi connectivity index (χ3v) is 5.71. The van der Waals surface area contributed by atoms with Crippen LogP contribution in [0.15, 0.2) is 59.4 Å². The van der Waals surface area contributed by atoms with E-state index in [0.29, 0.717) is 18.1 Å². The van der Waals surface area contributed by atoms with Gasteiger partial charge in [-0.25, -0.2) is 9.67 Å². The van der Waals surface area contributed by atoms with E-state index in [4.69, 9.17) is 0 Å². The summed E-state index contributed by atoms with van der Waals surface area (Å²) >= 11 is 1.46. The smallest absolute Gasteiger partial charge is 0.266 e. The van der Waals surface area contributed by atoms with Crippen LogP contribution in [-0.4, -0.2) is 20.7 Å². The first kappa shape index (κ1) is 20.0. The van der Waals surface area contributed by atoms with Crippen molar-refractivity contribution < 1.29 is 4.79 Å². The number of thiazole rings is 1. The number of aromatic nitrogens is 3. The topological polar surface area (TPSA) is 76.9 Å². The molecule has 1 N–H and O–H groups in total. The average Bonchev–Trinajstić information content (AvgIpc) is 3.11. The summed E-state index contributed by atoms with van der Waals surface area (Å²) in [6.07, 6.45) is 0.803. The van der Waals surface area contributed by atoms with Crippen molar-refractivity contribution in [3.63, 3.8) is 0 Å². The van der Waals surface area contributed by atoms with E-state index in [-0.39, 0.29) is 17.9 Å². The summed E-state index contributed by atoms with van der Waals surface area (Å²) in [5.41, 5.74) is 4.73. The Morgan fingerprint density at radius 1 is 1.03 bits per heavy atom. The summed E-state index contributed by atoms with van der Waals surface area (Å²) < 4.78 is 2.47. The number of nitrogens with zero attached hydrogens (tertiary/aromatic N) is 3. The lowest BCUT2D eigenvalue weighted by atomic mass is 10.1. The molecule has 0 radical (unpaired) electrons. The van der Waals surface area contributed by atoms with Crippen molar-refractivity contribution >= 4 is 32.6 Å². The summed E-state index contributed by atoms with van der Waals surface area (Å²) in [6.45, 7) is 4.44. The van der Waals surface area contributed by atoms with E-state index in [1.807, 2.05) is 50.2 Å². The van der Waals surface area contributed by atoms with Crippen LogP contribution in [0.3, 0.4) is 0 Å². The molecule has 4 aromatic rings. The fourth-order valence-electron chi connectivity index (χ4n) is 3.14. The highest BCUT2D eigenvalue weighted by Gasteiger charge is 2.09. The second-order valence-electron chi connectivity index (χ2n) is 7.29. The fourth-order valence-corrected chi connectivity index (χ4v) is 4.12. The normalized spacial score (nSPS) is 11.0. The molecule has 1 amide bonds. The number of fused-ring (bicyclic) bond motifs is 1. The van der Waals surface area contributed by atoms with Crippen molar-refractivity contribution in [3.05, 3.63) is 76.1 Å². The average molecular weight is 419 g/mol. The highest BCUT2D eigenvalue weighted by atomic mass is 32.1. The number of aryl methyl sites for hydroxylation is 3. The van der Waals surface area contributed by atoms with Crippen LogP contribution in [-0.2, 0) is 11.3 Å². The van der Waals surface area contributed by atoms with Gasteiger partial charge in [0.1, 0.15) is 0 Å². The molecule has 0 aliphatic heterocycles. The van der Waals surface area contributed by atoms with Gasteiger partial charge in [0.2, 0.25) is 5.91 Å². The second-order valence-corrected chi connectivity index (χ2v) is 8.32. The molecule has 2 aromatic heterocycles. The van der Waals surface area contributed by atoms with Crippen molar-refractivity contribution in [2.45, 2.75) is 33.2 Å². The molecule has 0 atom stereocenters. The minimum atomic E-state index is -0.173. The van der Waals surface area contributed by atoms with E-state index in [1.165, 1.54) is 27.6 Å². The molecule has 30 heavy (non-hydrogen) atoms. The van der Waals surface area contributed by atoms with E-state index in [0.717, 1.165) is 27.0 Å². The summed E-state index contributed by atoms with van der Waals surface area (Å²) in [4.78, 5) is 28.9. The number of carbonyl (C=O) groups is 1. The molecule has 0 saturated heterocycles. The van der Waals surface area contributed by atoms with Crippen molar-refractivity contribution in [1.82, 2.24) is 14.8 Å². The Morgan fingerprint density at radius 3 is 2.60 bits per heavy atom. The summed E-state index contributed by atoms with van der Waals surface area (Å²) in [7, 11) is 0. The van der Waals surface area contributed by atoms with Crippen LogP contribution in [0.2, 0.25) is 0 Å². The molecule has 0 spiro atoms. The Morgan fingerprint density at radius 2 is 1.80 bits per heavy atom. The highest BCUT2D eigenvalue weighted by molar-refractivity contribution is 7.22. The van der Waals surface area contributed by atoms with Crippen LogP contribution in [0, 0.1) is 13.8 Å². The van der Waals surface area contributed by atoms with Gasteiger partial charge in [-0.1, -0.05) is 47.2 Å². The highest BCUT2D eigenvalue weighted by Crippen LogP contribution is 2.26. The number of hydrogen-bond donors (Lipinski definition) is 1. The quantitative estimate of drug-likeness (QED) is 0.498. The Kier molecular flexibility index (Phi) is 5.72. The molecular weight excluding hydrogens is 396 g/mol. The Labute approximate surface area is 178 Å². The first-order valence-corrected chi connectivity index (χ1v) is 10.6. The van der Waals surface area contributed by atoms with Crippen LogP contribution < -0.4 is 10.9 Å². The first-order valence-electron chi connectivity index (χ1n) is 9.80. The van der Waals surface area contributed by atoms with Crippen LogP contribution in [0.5, 0.6) is 0 Å². The van der Waals surface area contributed by atoms with Crippen molar-refractivity contribution in [3.8, 4) is 11.3 Å². The lowest BCUT2D eigenvalue weighted by Crippen LogP contribution is -2.23. The Hall–Kier alpha value is -3.32. The van der Waals surface area contributed by atoms with Gasteiger partial charge in [0.15, 0.2) is 5.13 Å². The van der Waals surface area contributed by atoms with Crippen molar-refractivity contribution in [1.29, 1.82) is 0 Å². The van der Waals surface area contributed by atoms with Gasteiger partial charge in [0, 0.05) is 24.6 Å². The summed E-state index contributed by atoms with van der Waals surface area (Å²) in [5, 5.41) is 7.90. The largest absolute Gasteiger partial charge is 0.302 e. The number of anilines is 1. The third kappa shape index (κ3) is 4.63. The Bertz CT molecular complexity index is 1260. The lowest BCUT2D eigenvalue weighted by Gasteiger charge is -2.07. The van der Waals surface area contributed by atoms with Crippen molar-refractivity contribution in [2.75, 3.05) is 5.32 Å². The molecule has 152 valence electrons. The predicted molar refractivity (Wildman–Crippen MR) is 121 cm³/mol. The van der Waals surface area contributed by atoms with E-state index < -0.39 is 0 Å². The summed E-state index contributed by atoms with van der Waals surface area (Å²) in [6, 6.07) is 17.3. The molecule has 0 fully saturated rings. The van der Waals surface area contributed by atoms with Gasteiger partial charge in [-0.05, 0) is 44.0 Å². The number of carbonyl (C=O) groups excluding carboxylic acids is 1. The van der Waals surface area contributed by atoms with E-state index >= 15 is 0 Å². The number of benzene rings is 2. The SMILES string of the molecule is Cc1ccc(-c2ccc(=O)n(CCCC(=O)Nc3nc4ccc(C)cc4s3)n2)cc1. The molecule has 0 saturated carbocycles. The maximum absolute atomic E-state index is 12.3. The van der Waals surface area contributed by atoms with E-state index in [1.54, 1.807) is 6.07 Å². The molecule has 6 nitrogen and oxygen atoms in total. The van der Waals surface area contributed by atoms with Crippen LogP contribution in [0.4, 0.5) is 5.13 Å². The first-order chi connectivity index (χ1) is 14.5. The van der Waals surface area contributed by atoms with Gasteiger partial charge in [0.05, 0.1) is 15.9 Å². The zero-order valence-electron chi connectivity index (χ0n) is 16.9. The third-order valence-electron chi connectivity index (χ3n) is 4.78. The number of rotatable bonds is 6. The van der Waals surface area contributed by atoms with Gasteiger partial charge in [-0.3, -0.25) is 9.59 Å². The van der Waals surface area contributed by atoms with E-state index in [9.17, 15) is 9.59 Å². The fraction of sp³-hybridized carbons (Fsp3) is 0.217. The van der Waals surface area contributed by atoms with Gasteiger partial charge in [0.25, 0.3) is 5.56 Å². The van der Waals surface area contributed by atoms with Gasteiger partial charge >= 0.3 is 0 Å². The molecule has 0 aliphatic rings. The molecule has 0 unspecified atom stereocenters. The minimum Gasteiger partial charge on any atom is -0.302 e. The monoisotopic (exact) mass is 418 g/mol. The number of hydrogen-bond acceptors (Lipinski definition) is 5. The zero-order chi connectivity index (χ0) is 21.1. The molecular formula is C23H22N4O2S. The second kappa shape index (κ2) is 8.59. The van der Waals surface area contributed by atoms with Gasteiger partial charge in [-0.15, -0.1) is 0 Å². The molecule has 4 rings (SSSR count). The van der Waals surface area contributed by atoms with Gasteiger partial charge < -0.3 is 5.32 Å². The number of amides is 1. The summed E-state index contributed by atoms with van der Waals surface area (Å²) in [5.74, 6) is -0.117. The predicted octanol–water partition coefficient (Wildman–Crippen LogP) is 4.56. The van der Waals surface area contributed by atoms with Crippen LogP contribution in [0.1, 0.15) is 24.0 Å². The molecule has 2 aromatic carbocycles. The minimum absolute atomic E-state index is 0.117.